The van der Waals surface area contributed by atoms with Gasteiger partial charge in [-0.2, -0.15) is 0 Å². The van der Waals surface area contributed by atoms with E-state index in [-0.39, 0.29) is 17.4 Å². The molecular weight excluding hydrogens is 542 g/mol. The van der Waals surface area contributed by atoms with Crippen LogP contribution in [0.1, 0.15) is 70.8 Å². The monoisotopic (exact) mass is 585 g/mol. The fourth-order valence-corrected chi connectivity index (χ4v) is 9.16. The Balaban J connectivity index is 1.08. The van der Waals surface area contributed by atoms with Gasteiger partial charge in [0.25, 0.3) is 5.91 Å². The average molecular weight is 586 g/mol. The van der Waals surface area contributed by atoms with Gasteiger partial charge in [-0.25, -0.2) is 4.79 Å². The van der Waals surface area contributed by atoms with E-state index in [0.717, 1.165) is 67.1 Å². The molecule has 0 bridgehead atoms. The van der Waals surface area contributed by atoms with Crippen molar-refractivity contribution in [3.63, 3.8) is 0 Å². The molecular formula is C35H43N3O5. The maximum absolute atomic E-state index is 12.8. The number of ether oxygens (including phenoxy) is 1. The number of carbonyl (C=O) groups is 2. The molecule has 1 aromatic carbocycles. The summed E-state index contributed by atoms with van der Waals surface area (Å²) in [5.41, 5.74) is 3.08. The molecule has 228 valence electrons. The number of benzene rings is 1. The van der Waals surface area contributed by atoms with E-state index in [1.807, 2.05) is 30.5 Å². The summed E-state index contributed by atoms with van der Waals surface area (Å²) in [7, 11) is 1.31. The van der Waals surface area contributed by atoms with Crippen molar-refractivity contribution in [2.24, 2.45) is 33.7 Å². The van der Waals surface area contributed by atoms with Crippen LogP contribution in [-0.2, 0) is 25.6 Å². The molecule has 8 heteroatoms. The molecule has 0 unspecified atom stereocenters. The Morgan fingerprint density at radius 2 is 1.95 bits per heavy atom. The number of aromatic amines is 1. The number of hydrogen-bond acceptors (Lipinski definition) is 6. The zero-order valence-electron chi connectivity index (χ0n) is 25.4. The van der Waals surface area contributed by atoms with Crippen molar-refractivity contribution in [1.29, 1.82) is 0 Å². The smallest absolute Gasteiger partial charge is 0.328 e. The highest BCUT2D eigenvalue weighted by atomic mass is 16.6. The quantitative estimate of drug-likeness (QED) is 0.239. The number of para-hydroxylation sites is 1. The minimum Gasteiger partial charge on any atom is -0.467 e. The Morgan fingerprint density at radius 1 is 1.16 bits per heavy atom. The molecule has 2 aromatic rings. The molecule has 8 nitrogen and oxygen atoms in total. The Kier molecular flexibility index (Phi) is 7.66. The molecule has 4 aliphatic carbocycles. The second kappa shape index (κ2) is 11.2. The second-order valence-corrected chi connectivity index (χ2v) is 13.6. The van der Waals surface area contributed by atoms with Gasteiger partial charge < -0.3 is 25.0 Å². The van der Waals surface area contributed by atoms with E-state index in [0.29, 0.717) is 30.6 Å². The van der Waals surface area contributed by atoms with Crippen LogP contribution in [0.4, 0.5) is 0 Å². The molecule has 0 radical (unpaired) electrons. The Labute approximate surface area is 253 Å². The highest BCUT2D eigenvalue weighted by molar-refractivity contribution is 5.96. The van der Waals surface area contributed by atoms with Gasteiger partial charge >= 0.3 is 5.97 Å². The van der Waals surface area contributed by atoms with E-state index in [1.54, 1.807) is 0 Å². The van der Waals surface area contributed by atoms with Crippen LogP contribution in [0.15, 0.2) is 47.3 Å². The third-order valence-corrected chi connectivity index (χ3v) is 11.7. The van der Waals surface area contributed by atoms with Gasteiger partial charge in [0.15, 0.2) is 6.61 Å². The Hall–Kier alpha value is -3.57. The maximum Gasteiger partial charge on any atom is 0.328 e. The number of aliphatic hydroxyl groups is 1. The number of amides is 1. The summed E-state index contributed by atoms with van der Waals surface area (Å²) >= 11 is 0. The summed E-state index contributed by atoms with van der Waals surface area (Å²) in [5, 5.41) is 19.3. The second-order valence-electron chi connectivity index (χ2n) is 13.6. The molecule has 6 rings (SSSR count). The molecule has 0 spiro atoms. The van der Waals surface area contributed by atoms with E-state index in [2.05, 4.69) is 41.3 Å². The van der Waals surface area contributed by atoms with Crippen LogP contribution in [0.25, 0.3) is 10.9 Å². The summed E-state index contributed by atoms with van der Waals surface area (Å²) in [6, 6.07) is 6.98. The summed E-state index contributed by atoms with van der Waals surface area (Å²) in [6.07, 6.45) is 17.8. The Bertz CT molecular complexity index is 1520. The van der Waals surface area contributed by atoms with E-state index >= 15 is 0 Å². The van der Waals surface area contributed by atoms with E-state index in [9.17, 15) is 14.7 Å². The number of fused-ring (bicyclic) bond motifs is 6. The van der Waals surface area contributed by atoms with Crippen molar-refractivity contribution in [2.75, 3.05) is 13.7 Å². The number of hydrogen-bond donors (Lipinski definition) is 3. The third-order valence-electron chi connectivity index (χ3n) is 11.7. The number of nitrogens with one attached hydrogen (secondary N) is 2. The topological polar surface area (TPSA) is 113 Å². The molecule has 43 heavy (non-hydrogen) atoms. The Morgan fingerprint density at radius 3 is 2.74 bits per heavy atom. The lowest BCUT2D eigenvalue weighted by Crippen LogP contribution is -2.54. The minimum atomic E-state index is -0.983. The molecule has 7 atom stereocenters. The van der Waals surface area contributed by atoms with Crippen LogP contribution in [-0.4, -0.2) is 53.0 Å². The van der Waals surface area contributed by atoms with Crippen LogP contribution in [0.3, 0.4) is 0 Å². The predicted octanol–water partition coefficient (Wildman–Crippen LogP) is 5.07. The number of methoxy groups -OCH3 is 1. The van der Waals surface area contributed by atoms with Crippen molar-refractivity contribution >= 4 is 28.5 Å². The van der Waals surface area contributed by atoms with Crippen molar-refractivity contribution < 1.29 is 24.3 Å². The van der Waals surface area contributed by atoms with Crippen LogP contribution >= 0.6 is 0 Å². The van der Waals surface area contributed by atoms with Gasteiger partial charge in [0.2, 0.25) is 0 Å². The highest BCUT2D eigenvalue weighted by Gasteiger charge is 2.63. The lowest BCUT2D eigenvalue weighted by Gasteiger charge is -2.58. The molecule has 0 aliphatic heterocycles. The number of terminal acetylenes is 1. The van der Waals surface area contributed by atoms with Crippen molar-refractivity contribution in [3.8, 4) is 12.3 Å². The summed E-state index contributed by atoms with van der Waals surface area (Å²) < 4.78 is 4.95. The van der Waals surface area contributed by atoms with Crippen LogP contribution in [0.5, 0.6) is 0 Å². The molecule has 1 heterocycles. The lowest BCUT2D eigenvalue weighted by molar-refractivity contribution is -0.145. The number of aromatic nitrogens is 1. The first-order valence-corrected chi connectivity index (χ1v) is 15.6. The normalized spacial score (nSPS) is 34.7. The van der Waals surface area contributed by atoms with Gasteiger partial charge in [-0.1, -0.05) is 48.7 Å². The van der Waals surface area contributed by atoms with Crippen LogP contribution < -0.4 is 5.32 Å². The van der Waals surface area contributed by atoms with Gasteiger partial charge in [0, 0.05) is 28.9 Å². The fourth-order valence-electron chi connectivity index (χ4n) is 9.16. The molecule has 1 amide bonds. The number of carbonyl (C=O) groups excluding carboxylic acids is 2. The summed E-state index contributed by atoms with van der Waals surface area (Å²) in [5.74, 6) is 3.45. The largest absolute Gasteiger partial charge is 0.467 e. The van der Waals surface area contributed by atoms with Crippen molar-refractivity contribution in [2.45, 2.75) is 83.3 Å². The van der Waals surface area contributed by atoms with Gasteiger partial charge in [0.1, 0.15) is 11.6 Å². The van der Waals surface area contributed by atoms with Gasteiger partial charge in [-0.3, -0.25) is 4.79 Å². The van der Waals surface area contributed by atoms with E-state index < -0.39 is 23.5 Å². The SMILES string of the molecule is C#C[C@@]1(O)CC[C@H]2[C@@H]3CCC4=C/C(=N\OCC(=O)N[C@H](Cc5c[nH]c6ccccc56)C(=O)OC)CC[C@]4(C)[C@H]3CC[C@@]21C. The molecule has 0 saturated heterocycles. The number of rotatable bonds is 7. The summed E-state index contributed by atoms with van der Waals surface area (Å²) in [4.78, 5) is 33.9. The van der Waals surface area contributed by atoms with Crippen molar-refractivity contribution in [1.82, 2.24) is 10.3 Å². The molecule has 3 saturated carbocycles. The van der Waals surface area contributed by atoms with Crippen LogP contribution in [0, 0.1) is 40.9 Å². The number of nitrogens with zero attached hydrogens (tertiary/aromatic N) is 1. The molecule has 1 aromatic heterocycles. The zero-order chi connectivity index (χ0) is 30.4. The van der Waals surface area contributed by atoms with Crippen LogP contribution in [0.2, 0.25) is 0 Å². The number of H-pyrrole nitrogens is 1. The average Bonchev–Trinajstić information content (AvgIpc) is 3.54. The standard InChI is InChI=1S/C35H43N3O5/c1-5-35(41)17-14-28-26-11-10-23-19-24(12-15-33(23,2)27(26)13-16-34(28,35)3)38-43-21-31(39)37-30(32(40)42-4)18-22-20-36-29-9-7-6-8-25(22)29/h1,6-9,19-20,26-28,30,36,41H,10-18,21H2,2-4H3,(H,37,39)/b38-24-/t26-,27+,28+,30-,33+,34+,35-/m1/s1. The first kappa shape index (κ1) is 29.5. The van der Waals surface area contributed by atoms with Gasteiger partial charge in [-0.05, 0) is 92.2 Å². The lowest BCUT2D eigenvalue weighted by atomic mass is 9.46. The van der Waals surface area contributed by atoms with Gasteiger partial charge in [-0.15, -0.1) is 6.42 Å². The molecule has 3 N–H and O–H groups in total. The third kappa shape index (κ3) is 4.96. The van der Waals surface area contributed by atoms with E-state index in [1.165, 1.54) is 12.7 Å². The minimum absolute atomic E-state index is 0.105. The number of esters is 1. The summed E-state index contributed by atoms with van der Waals surface area (Å²) in [6.45, 7) is 4.35. The molecule has 4 aliphatic rings. The first-order chi connectivity index (χ1) is 20.6. The van der Waals surface area contributed by atoms with Gasteiger partial charge in [0.05, 0.1) is 12.8 Å². The first-order valence-electron chi connectivity index (χ1n) is 15.6. The van der Waals surface area contributed by atoms with E-state index in [4.69, 9.17) is 16.0 Å². The van der Waals surface area contributed by atoms with Crippen molar-refractivity contribution in [3.05, 3.63) is 47.7 Å². The molecule has 3 fully saturated rings. The maximum atomic E-state index is 12.8. The number of oxime groups is 1. The highest BCUT2D eigenvalue weighted by Crippen LogP contribution is 2.67. The predicted molar refractivity (Wildman–Crippen MR) is 165 cm³/mol. The fraction of sp³-hybridized carbons (Fsp3) is 0.571. The zero-order valence-corrected chi connectivity index (χ0v) is 25.4. The number of allylic oxidation sites excluding steroid dienone is 2.